The molecule has 0 heterocycles. The molecular weight excluding hydrogens is 1310 g/mol. The van der Waals surface area contributed by atoms with Gasteiger partial charge in [-0.2, -0.15) is 62.6 Å². The second kappa shape index (κ2) is 125. The first-order chi connectivity index (χ1) is 16.0. The molecule has 64 heteroatoms. The van der Waals surface area contributed by atoms with E-state index in [1.165, 1.54) is 0 Å². The van der Waals surface area contributed by atoms with E-state index in [1.54, 1.807) is 0 Å². The van der Waals surface area contributed by atoms with Crippen molar-refractivity contribution in [3.63, 3.8) is 0 Å². The molecule has 0 saturated heterocycles. The van der Waals surface area contributed by atoms with Crippen LogP contribution in [-0.4, -0.2) is 0 Å². The molecule has 0 N–H and O–H groups in total. The Hall–Kier alpha value is 24.9. The van der Waals surface area contributed by atoms with Crippen LogP contribution in [0.25, 0.3) is 0 Å². The molecule has 0 spiro atoms. The molecule has 64 heavy (non-hydrogen) atoms. The third-order valence-electron chi connectivity index (χ3n) is 0. The maximum Gasteiger partial charge on any atom is 1.00 e. The van der Waals surface area contributed by atoms with Gasteiger partial charge in [0.1, 0.15) is 0 Å². The molecule has 0 amide bonds. The second-order valence-corrected chi connectivity index (χ2v) is 10.7. The third-order valence-corrected chi connectivity index (χ3v) is 0. The van der Waals surface area contributed by atoms with Gasteiger partial charge in [-0.1, -0.05) is 0 Å². The summed E-state index contributed by atoms with van der Waals surface area (Å²) >= 11 is 0. The van der Waals surface area contributed by atoms with E-state index in [0.29, 0.717) is 0 Å². The summed E-state index contributed by atoms with van der Waals surface area (Å²) < 4.78 is 68.4. The molecule has 0 aromatic rings. The van der Waals surface area contributed by atoms with E-state index in [4.69, 9.17) is 154 Å². The van der Waals surface area contributed by atoms with Gasteiger partial charge in [-0.25, -0.2) is 0 Å². The van der Waals surface area contributed by atoms with Crippen molar-refractivity contribution < 1.29 is 863 Å². The van der Waals surface area contributed by atoms with Gasteiger partial charge in [-0.05, 0) is 0 Å². The molecule has 0 rings (SSSR count). The number of rotatable bonds is 0. The van der Waals surface area contributed by atoms with Crippen LogP contribution in [0.15, 0.2) is 0 Å². The monoisotopic (exact) mass is 1310 g/mol. The van der Waals surface area contributed by atoms with Crippen molar-refractivity contribution in [1.29, 1.82) is 0 Å². The van der Waals surface area contributed by atoms with E-state index in [2.05, 4.69) is 0 Å². The van der Waals surface area contributed by atoms with Gasteiger partial charge in [0, 0.05) is 0 Å². The topological polar surface area (TPSA) is 690 Å². The molecule has 0 aliphatic heterocycles. The molecule has 0 bridgehead atoms. The van der Waals surface area contributed by atoms with Crippen LogP contribution in [0.1, 0.15) is 0 Å². The molecule has 256 valence electrons. The van der Waals surface area contributed by atoms with Gasteiger partial charge in [0.15, 0.2) is 0 Å². The van der Waals surface area contributed by atoms with Gasteiger partial charge in [0.25, 0.3) is 0 Å². The first kappa shape index (κ1) is 212. The predicted molar refractivity (Wildman–Crippen MR) is 60.9 cm³/mol. The summed E-state index contributed by atoms with van der Waals surface area (Å²) in [5, 5.41) is 0. The number of phosphoric acid groups is 8. The predicted octanol–water partition coefficient (Wildman–Crippen LogP) is -94.5. The van der Waals surface area contributed by atoms with Gasteiger partial charge >= 0.3 is 709 Å². The molecule has 0 aliphatic rings. The molecule has 0 aliphatic carbocycles. The average Bonchev–Trinajstić information content (AvgIpc) is 2.16. The van der Waals surface area contributed by atoms with Gasteiger partial charge in [-0.15, -0.1) is 0 Å². The summed E-state index contributed by atoms with van der Waals surface area (Å²) in [6, 6.07) is 0. The molecule has 0 unspecified atom stereocenters. The normalized spacial score (nSPS) is 7.38. The molecule has 0 atom stereocenters. The van der Waals surface area contributed by atoms with Gasteiger partial charge in [-0.3, -0.25) is 0 Å². The molecule has 0 fully saturated rings. The molecule has 0 aromatic carbocycles. The van der Waals surface area contributed by atoms with Crippen molar-refractivity contribution in [3.05, 3.63) is 0 Å². The van der Waals surface area contributed by atoms with Crippen LogP contribution in [0.3, 0.4) is 0 Å². The Morgan fingerprint density at radius 2 is 0.109 bits per heavy atom. The van der Waals surface area contributed by atoms with E-state index in [0.717, 1.165) is 0 Å². The second-order valence-electron chi connectivity index (χ2n) is 3.58. The maximum absolute atomic E-state index is 8.55. The fourth-order valence-electron chi connectivity index (χ4n) is 0. The van der Waals surface area contributed by atoms with Crippen LogP contribution in [0, 0.1) is 0 Å². The van der Waals surface area contributed by atoms with Crippen molar-refractivity contribution >= 4 is 62.6 Å². The van der Waals surface area contributed by atoms with E-state index in [1.807, 2.05) is 0 Å². The van der Waals surface area contributed by atoms with Crippen LogP contribution in [0.2, 0.25) is 0 Å². The largest absolute Gasteiger partial charge is 1.00 e. The molecular formula is Na24O32P8. The van der Waals surface area contributed by atoms with Crippen LogP contribution < -0.4 is 827 Å². The maximum atomic E-state index is 8.55. The van der Waals surface area contributed by atoms with Crippen molar-refractivity contribution in [2.75, 3.05) is 0 Å². The Balaban J connectivity index is -0.00000000579. The summed E-state index contributed by atoms with van der Waals surface area (Å²) in [5.74, 6) is 0. The van der Waals surface area contributed by atoms with Crippen molar-refractivity contribution in [3.8, 4) is 0 Å². The minimum absolute atomic E-state index is 0. The quantitative estimate of drug-likeness (QED) is 0.160. The number of hydrogen-bond acceptors (Lipinski definition) is 32. The Morgan fingerprint density at radius 1 is 0.109 bits per heavy atom. The molecule has 32 nitrogen and oxygen atoms in total. The Labute approximate surface area is 899 Å². The fourth-order valence-corrected chi connectivity index (χ4v) is 0. The van der Waals surface area contributed by atoms with Crippen molar-refractivity contribution in [2.45, 2.75) is 0 Å². The standard InChI is InChI=1S/24Na.8H3O4P/c;;;;;;;;;;;;;;;;;;;;;;;;8*1-5(2,3)4/h;;;;;;;;;;;;;;;;;;;;;;;;8*(H3,1,2,3,4)/q24*+1;;;;;;;;/p-24. The fraction of sp³-hybridized carbons (Fsp3) is 0. The van der Waals surface area contributed by atoms with E-state index < -0.39 is 62.6 Å². The number of hydrogen-bond donors (Lipinski definition) is 0. The van der Waals surface area contributed by atoms with Crippen LogP contribution >= 0.6 is 62.6 Å². The Morgan fingerprint density at radius 3 is 0.109 bits per heavy atom. The summed E-state index contributed by atoms with van der Waals surface area (Å²) in [4.78, 5) is 205. The Bertz CT molecular complexity index is 699. The first-order valence-electron chi connectivity index (χ1n) is 5.84. The van der Waals surface area contributed by atoms with E-state index in [-0.39, 0.29) is 709 Å². The molecule has 0 radical (unpaired) electrons. The van der Waals surface area contributed by atoms with Crippen LogP contribution in [-0.2, 0) is 36.5 Å². The van der Waals surface area contributed by atoms with Crippen LogP contribution in [0.5, 0.6) is 0 Å². The first-order valence-corrected chi connectivity index (χ1v) is 17.5. The van der Waals surface area contributed by atoms with Crippen molar-refractivity contribution in [1.82, 2.24) is 0 Å². The summed E-state index contributed by atoms with van der Waals surface area (Å²) in [6.07, 6.45) is 0. The van der Waals surface area contributed by atoms with E-state index >= 15 is 0 Å². The minimum Gasteiger partial charge on any atom is -0.822 e. The summed E-state index contributed by atoms with van der Waals surface area (Å²) in [7, 11) is -43.1. The van der Waals surface area contributed by atoms with Crippen molar-refractivity contribution in [2.24, 2.45) is 0 Å². The zero-order valence-corrected chi connectivity index (χ0v) is 95.8. The average molecular weight is 1310 g/mol. The minimum atomic E-state index is -5.39. The van der Waals surface area contributed by atoms with Gasteiger partial charge in [0.2, 0.25) is 0 Å². The molecule has 0 saturated carbocycles. The Kier molecular flexibility index (Phi) is 414. The van der Waals surface area contributed by atoms with E-state index in [9.17, 15) is 0 Å². The van der Waals surface area contributed by atoms with Gasteiger partial charge < -0.3 is 154 Å². The summed E-state index contributed by atoms with van der Waals surface area (Å²) in [5.41, 5.74) is 0. The zero-order chi connectivity index (χ0) is 36.0. The summed E-state index contributed by atoms with van der Waals surface area (Å²) in [6.45, 7) is 0. The zero-order valence-electron chi connectivity index (χ0n) is 40.6. The SMILES string of the molecule is O=P([O-])([O-])[O-].O=P([O-])([O-])[O-].O=P([O-])([O-])[O-].O=P([O-])([O-])[O-].O=P([O-])([O-])[O-].O=P([O-])([O-])[O-].O=P([O-])([O-])[O-].O=P([O-])([O-])[O-].[Na+].[Na+].[Na+].[Na+].[Na+].[Na+].[Na+].[Na+].[Na+].[Na+].[Na+].[Na+].[Na+].[Na+].[Na+].[Na+].[Na+].[Na+].[Na+].[Na+].[Na+].[Na+].[Na+].[Na+]. The van der Waals surface area contributed by atoms with Crippen LogP contribution in [0.4, 0.5) is 0 Å². The smallest absolute Gasteiger partial charge is 0.822 e. The van der Waals surface area contributed by atoms with Gasteiger partial charge in [0.05, 0.1) is 0 Å². The molecule has 0 aromatic heterocycles. The third kappa shape index (κ3) is 1040.